The van der Waals surface area contributed by atoms with E-state index in [9.17, 15) is 10.1 Å². The first-order valence-electron chi connectivity index (χ1n) is 8.34. The summed E-state index contributed by atoms with van der Waals surface area (Å²) in [6.07, 6.45) is 5.08. The van der Waals surface area contributed by atoms with Gasteiger partial charge in [-0.1, -0.05) is 41.9 Å². The number of pyridine rings is 1. The minimum absolute atomic E-state index is 0.0492. The van der Waals surface area contributed by atoms with Crippen molar-refractivity contribution in [2.45, 2.75) is 44.4 Å². The third-order valence-electron chi connectivity index (χ3n) is 4.41. The van der Waals surface area contributed by atoms with Crippen LogP contribution < -0.4 is 5.32 Å². The number of nitrogens with one attached hydrogen (secondary N) is 1. The van der Waals surface area contributed by atoms with E-state index in [4.69, 9.17) is 16.3 Å². The van der Waals surface area contributed by atoms with Gasteiger partial charge in [-0.05, 0) is 31.2 Å². The van der Waals surface area contributed by atoms with E-state index < -0.39 is 4.92 Å². The lowest BCUT2D eigenvalue weighted by molar-refractivity contribution is -0.384. The Bertz CT molecular complexity index is 719. The fraction of sp³-hybridized carbons (Fsp3) is 0.389. The van der Waals surface area contributed by atoms with Crippen LogP contribution in [-0.2, 0) is 11.3 Å². The predicted octanol–water partition coefficient (Wildman–Crippen LogP) is 4.58. The highest BCUT2D eigenvalue weighted by Gasteiger charge is 2.24. The maximum absolute atomic E-state index is 11.1. The SMILES string of the molecule is O=[N+]([O-])c1cnc(Cl)cc1NC1CCC(OCc2ccccc2)CC1. The highest BCUT2D eigenvalue weighted by molar-refractivity contribution is 6.29. The lowest BCUT2D eigenvalue weighted by atomic mass is 9.92. The molecule has 2 aromatic rings. The number of nitrogens with zero attached hydrogens (tertiary/aromatic N) is 2. The molecule has 132 valence electrons. The molecule has 1 heterocycles. The van der Waals surface area contributed by atoms with Gasteiger partial charge in [-0.25, -0.2) is 4.98 Å². The predicted molar refractivity (Wildman–Crippen MR) is 96.8 cm³/mol. The molecule has 0 radical (unpaired) electrons. The van der Waals surface area contributed by atoms with Crippen LogP contribution in [0.5, 0.6) is 0 Å². The molecule has 3 rings (SSSR count). The monoisotopic (exact) mass is 361 g/mol. The summed E-state index contributed by atoms with van der Waals surface area (Å²) in [5, 5.41) is 14.6. The van der Waals surface area contributed by atoms with Crippen molar-refractivity contribution in [3.05, 3.63) is 63.4 Å². The third-order valence-corrected chi connectivity index (χ3v) is 4.62. The van der Waals surface area contributed by atoms with E-state index in [2.05, 4.69) is 22.4 Å². The van der Waals surface area contributed by atoms with Crippen LogP contribution in [0.3, 0.4) is 0 Å². The van der Waals surface area contributed by atoms with Crippen LogP contribution in [0.25, 0.3) is 0 Å². The van der Waals surface area contributed by atoms with Crippen molar-refractivity contribution >= 4 is 23.0 Å². The summed E-state index contributed by atoms with van der Waals surface area (Å²) in [5.41, 5.74) is 1.55. The van der Waals surface area contributed by atoms with E-state index in [1.54, 1.807) is 0 Å². The summed E-state index contributed by atoms with van der Waals surface area (Å²) in [7, 11) is 0. The molecule has 0 aliphatic heterocycles. The van der Waals surface area contributed by atoms with Gasteiger partial charge in [0.25, 0.3) is 0 Å². The third kappa shape index (κ3) is 4.90. The Morgan fingerprint density at radius 2 is 1.96 bits per heavy atom. The molecule has 0 spiro atoms. The first-order valence-corrected chi connectivity index (χ1v) is 8.71. The number of halogens is 1. The molecule has 0 atom stereocenters. The second-order valence-corrected chi connectivity index (χ2v) is 6.58. The maximum atomic E-state index is 11.1. The van der Waals surface area contributed by atoms with E-state index in [1.165, 1.54) is 17.8 Å². The van der Waals surface area contributed by atoms with Gasteiger partial charge in [0.2, 0.25) is 0 Å². The van der Waals surface area contributed by atoms with Gasteiger partial charge >= 0.3 is 5.69 Å². The number of benzene rings is 1. The Morgan fingerprint density at radius 1 is 1.24 bits per heavy atom. The molecule has 1 aromatic heterocycles. The van der Waals surface area contributed by atoms with E-state index in [-0.39, 0.29) is 23.0 Å². The molecule has 25 heavy (non-hydrogen) atoms. The second-order valence-electron chi connectivity index (χ2n) is 6.20. The van der Waals surface area contributed by atoms with Gasteiger partial charge in [0.15, 0.2) is 0 Å². The molecule has 0 unspecified atom stereocenters. The molecular weight excluding hydrogens is 342 g/mol. The number of hydrogen-bond donors (Lipinski definition) is 1. The molecule has 1 aliphatic carbocycles. The highest BCUT2D eigenvalue weighted by Crippen LogP contribution is 2.30. The molecule has 6 nitrogen and oxygen atoms in total. The summed E-state index contributed by atoms with van der Waals surface area (Å²) >= 11 is 5.87. The molecule has 1 aromatic carbocycles. The summed E-state index contributed by atoms with van der Waals surface area (Å²) in [4.78, 5) is 14.4. The van der Waals surface area contributed by atoms with Crippen LogP contribution in [0.4, 0.5) is 11.4 Å². The fourth-order valence-corrected chi connectivity index (χ4v) is 3.22. The smallest absolute Gasteiger partial charge is 0.310 e. The minimum Gasteiger partial charge on any atom is -0.377 e. The first kappa shape index (κ1) is 17.6. The molecule has 1 aliphatic rings. The van der Waals surface area contributed by atoms with Crippen LogP contribution in [0.1, 0.15) is 31.2 Å². The fourth-order valence-electron chi connectivity index (χ4n) is 3.07. The Labute approximate surface area is 151 Å². The molecule has 0 saturated heterocycles. The quantitative estimate of drug-likeness (QED) is 0.462. The van der Waals surface area contributed by atoms with Gasteiger partial charge in [-0.2, -0.15) is 0 Å². The van der Waals surface area contributed by atoms with Crippen molar-refractivity contribution in [1.82, 2.24) is 4.98 Å². The van der Waals surface area contributed by atoms with Gasteiger partial charge in [-0.3, -0.25) is 10.1 Å². The number of rotatable bonds is 6. The number of aromatic nitrogens is 1. The molecule has 1 saturated carbocycles. The van der Waals surface area contributed by atoms with Crippen LogP contribution >= 0.6 is 11.6 Å². The minimum atomic E-state index is -0.444. The van der Waals surface area contributed by atoms with Crippen molar-refractivity contribution in [1.29, 1.82) is 0 Å². The Hall–Kier alpha value is -2.18. The number of nitro groups is 1. The Morgan fingerprint density at radius 3 is 2.64 bits per heavy atom. The van der Waals surface area contributed by atoms with Gasteiger partial charge in [0, 0.05) is 12.1 Å². The Kier molecular flexibility index (Phi) is 5.83. The average molecular weight is 362 g/mol. The van der Waals surface area contributed by atoms with Crippen LogP contribution in [0, 0.1) is 10.1 Å². The van der Waals surface area contributed by atoms with E-state index in [1.807, 2.05) is 18.2 Å². The maximum Gasteiger partial charge on any atom is 0.310 e. The van der Waals surface area contributed by atoms with Gasteiger partial charge in [0.05, 0.1) is 17.6 Å². The average Bonchev–Trinajstić information content (AvgIpc) is 2.62. The molecule has 1 N–H and O–H groups in total. The zero-order chi connectivity index (χ0) is 17.6. The van der Waals surface area contributed by atoms with Gasteiger partial charge in [0.1, 0.15) is 17.0 Å². The summed E-state index contributed by atoms with van der Waals surface area (Å²) in [6, 6.07) is 11.8. The zero-order valence-corrected chi connectivity index (χ0v) is 14.5. The summed E-state index contributed by atoms with van der Waals surface area (Å²) < 4.78 is 5.98. The lowest BCUT2D eigenvalue weighted by Crippen LogP contribution is -2.30. The summed E-state index contributed by atoms with van der Waals surface area (Å²) in [6.45, 7) is 0.620. The zero-order valence-electron chi connectivity index (χ0n) is 13.7. The topological polar surface area (TPSA) is 77.3 Å². The van der Waals surface area contributed by atoms with Crippen LogP contribution in [0.15, 0.2) is 42.6 Å². The highest BCUT2D eigenvalue weighted by atomic mass is 35.5. The first-order chi connectivity index (χ1) is 12.1. The number of hydrogen-bond acceptors (Lipinski definition) is 5. The number of anilines is 1. The lowest BCUT2D eigenvalue weighted by Gasteiger charge is -2.29. The van der Waals surface area contributed by atoms with Crippen molar-refractivity contribution in [2.75, 3.05) is 5.32 Å². The molecule has 7 heteroatoms. The van der Waals surface area contributed by atoms with Gasteiger partial charge in [-0.15, -0.1) is 0 Å². The van der Waals surface area contributed by atoms with E-state index in [0.29, 0.717) is 12.3 Å². The largest absolute Gasteiger partial charge is 0.377 e. The van der Waals surface area contributed by atoms with Crippen molar-refractivity contribution in [2.24, 2.45) is 0 Å². The van der Waals surface area contributed by atoms with Crippen LogP contribution in [-0.4, -0.2) is 22.1 Å². The normalized spacial score (nSPS) is 20.2. The van der Waals surface area contributed by atoms with Crippen molar-refractivity contribution in [3.8, 4) is 0 Å². The Balaban J connectivity index is 1.51. The second kappa shape index (κ2) is 8.27. The van der Waals surface area contributed by atoms with Crippen LogP contribution in [0.2, 0.25) is 5.15 Å². The molecule has 1 fully saturated rings. The molecule has 0 amide bonds. The van der Waals surface area contributed by atoms with E-state index in [0.717, 1.165) is 25.7 Å². The molecule has 0 bridgehead atoms. The van der Waals surface area contributed by atoms with E-state index >= 15 is 0 Å². The van der Waals surface area contributed by atoms with Crippen molar-refractivity contribution < 1.29 is 9.66 Å². The summed E-state index contributed by atoms with van der Waals surface area (Å²) in [5.74, 6) is 0. The van der Waals surface area contributed by atoms with Crippen molar-refractivity contribution in [3.63, 3.8) is 0 Å². The standard InChI is InChI=1S/C18H20ClN3O3/c19-18-10-16(17(11-20-18)22(23)24)21-14-6-8-15(9-7-14)25-12-13-4-2-1-3-5-13/h1-5,10-11,14-15H,6-9,12H2,(H,20,21). The number of ether oxygens (including phenoxy) is 1. The molecular formula is C18H20ClN3O3. The van der Waals surface area contributed by atoms with Gasteiger partial charge < -0.3 is 10.1 Å².